The van der Waals surface area contributed by atoms with Crippen molar-refractivity contribution in [1.82, 2.24) is 0 Å². The molecule has 2 nitrogen and oxygen atoms in total. The molecule has 7 aromatic rings. The lowest BCUT2D eigenvalue weighted by Gasteiger charge is -2.21. The predicted octanol–water partition coefficient (Wildman–Crippen LogP) is 7.33. The van der Waals surface area contributed by atoms with Gasteiger partial charge in [-0.1, -0.05) is 146 Å². The van der Waals surface area contributed by atoms with Crippen LogP contribution < -0.4 is 31.8 Å². The van der Waals surface area contributed by atoms with E-state index in [1.165, 1.54) is 0 Å². The highest BCUT2D eigenvalue weighted by Crippen LogP contribution is 2.50. The third-order valence-electron chi connectivity index (χ3n) is 7.64. The molecule has 0 atom stereocenters. The first-order valence-corrected chi connectivity index (χ1v) is 17.7. The smallest absolute Gasteiger partial charge is 0.172 e. The van der Waals surface area contributed by atoms with Gasteiger partial charge in [0.2, 0.25) is 0 Å². The van der Waals surface area contributed by atoms with Gasteiger partial charge in [-0.25, -0.2) is 0 Å². The molecule has 0 aliphatic rings. The summed E-state index contributed by atoms with van der Waals surface area (Å²) in [6.45, 7) is 0. The lowest BCUT2D eigenvalue weighted by Crippen LogP contribution is -2.25. The lowest BCUT2D eigenvalue weighted by molar-refractivity contribution is 0.592. The Labute approximate surface area is 243 Å². The molecular formula is C36H26O2P2S. The summed E-state index contributed by atoms with van der Waals surface area (Å²) >= 11 is 1.60. The Balaban J connectivity index is 1.56. The molecule has 198 valence electrons. The number of thiophene rings is 1. The SMILES string of the molecule is O=P(c1ccccc1)(c1ccccc1)c1cccc2c1sc1c(P(=O)(c3ccccc3)c3ccccc3)cccc12. The molecule has 0 N–H and O–H groups in total. The maximum absolute atomic E-state index is 15.4. The molecule has 41 heavy (non-hydrogen) atoms. The van der Waals surface area contributed by atoms with Crippen molar-refractivity contribution in [1.29, 1.82) is 0 Å². The minimum absolute atomic E-state index is 0.802. The normalized spacial score (nSPS) is 12.1. The van der Waals surface area contributed by atoms with Crippen LogP contribution in [0.3, 0.4) is 0 Å². The first kappa shape index (κ1) is 25.9. The van der Waals surface area contributed by atoms with E-state index in [4.69, 9.17) is 0 Å². The molecule has 0 fully saturated rings. The van der Waals surface area contributed by atoms with Crippen LogP contribution in [-0.2, 0) is 9.13 Å². The first-order chi connectivity index (χ1) is 20.1. The maximum Gasteiger partial charge on any atom is 0.172 e. The van der Waals surface area contributed by atoms with Gasteiger partial charge in [0.1, 0.15) is 0 Å². The third kappa shape index (κ3) is 4.16. The summed E-state index contributed by atoms with van der Waals surface area (Å²) < 4.78 is 32.7. The van der Waals surface area contributed by atoms with Crippen LogP contribution in [0.4, 0.5) is 0 Å². The van der Waals surface area contributed by atoms with E-state index in [0.29, 0.717) is 0 Å². The molecule has 7 rings (SSSR count). The largest absolute Gasteiger partial charge is 0.309 e. The van der Waals surface area contributed by atoms with Crippen molar-refractivity contribution in [2.24, 2.45) is 0 Å². The molecule has 5 heteroatoms. The number of rotatable bonds is 6. The third-order valence-corrected chi connectivity index (χ3v) is 15.4. The van der Waals surface area contributed by atoms with E-state index in [1.54, 1.807) is 11.3 Å². The Hall–Kier alpha value is -4.00. The van der Waals surface area contributed by atoms with Crippen LogP contribution in [0.2, 0.25) is 0 Å². The molecule has 0 radical (unpaired) electrons. The zero-order valence-electron chi connectivity index (χ0n) is 22.1. The zero-order chi connectivity index (χ0) is 27.9. The van der Waals surface area contributed by atoms with Crippen LogP contribution >= 0.6 is 25.6 Å². The fourth-order valence-electron chi connectivity index (χ4n) is 5.69. The molecule has 0 aliphatic heterocycles. The average Bonchev–Trinajstić information content (AvgIpc) is 3.45. The minimum Gasteiger partial charge on any atom is -0.309 e. The van der Waals surface area contributed by atoms with E-state index in [0.717, 1.165) is 52.0 Å². The summed E-state index contributed by atoms with van der Waals surface area (Å²) in [5.41, 5.74) is 0. The van der Waals surface area contributed by atoms with E-state index in [9.17, 15) is 0 Å². The summed E-state index contributed by atoms with van der Waals surface area (Å²) in [7, 11) is -6.42. The monoisotopic (exact) mass is 584 g/mol. The molecule has 1 aromatic heterocycles. The Morgan fingerprint density at radius 2 is 0.634 bits per heavy atom. The first-order valence-electron chi connectivity index (χ1n) is 13.5. The molecule has 0 spiro atoms. The molecule has 0 unspecified atom stereocenters. The second-order valence-corrected chi connectivity index (χ2v) is 16.5. The molecule has 1 heterocycles. The minimum atomic E-state index is -3.21. The molecular weight excluding hydrogens is 558 g/mol. The molecule has 0 bridgehead atoms. The second kappa shape index (κ2) is 10.4. The van der Waals surface area contributed by atoms with Crippen LogP contribution in [0.25, 0.3) is 20.2 Å². The van der Waals surface area contributed by atoms with Crippen LogP contribution in [0.5, 0.6) is 0 Å². The highest BCUT2D eigenvalue weighted by Gasteiger charge is 2.35. The van der Waals surface area contributed by atoms with E-state index in [2.05, 4.69) is 12.1 Å². The Morgan fingerprint density at radius 3 is 0.927 bits per heavy atom. The molecule has 0 saturated heterocycles. The van der Waals surface area contributed by atoms with Crippen molar-refractivity contribution in [2.45, 2.75) is 0 Å². The van der Waals surface area contributed by atoms with Gasteiger partial charge >= 0.3 is 0 Å². The van der Waals surface area contributed by atoms with Gasteiger partial charge in [0, 0.05) is 52.0 Å². The standard InChI is InChI=1S/C36H26O2P2S/c37-39(27-15-5-1-6-16-27,28-17-7-2-8-18-28)33-25-13-23-31-32-24-14-26-34(36(32)41-35(31)33)40(38,29-19-9-3-10-20-29)30-21-11-4-12-22-30/h1-26H. The summed E-state index contributed by atoms with van der Waals surface area (Å²) in [5.74, 6) is 0. The summed E-state index contributed by atoms with van der Waals surface area (Å²) in [5, 5.41) is 6.90. The highest BCUT2D eigenvalue weighted by atomic mass is 32.1. The van der Waals surface area contributed by atoms with Gasteiger partial charge in [-0.3, -0.25) is 0 Å². The van der Waals surface area contributed by atoms with Crippen molar-refractivity contribution in [2.75, 3.05) is 0 Å². The Bertz CT molecular complexity index is 1850. The van der Waals surface area contributed by atoms with Crippen molar-refractivity contribution in [3.8, 4) is 0 Å². The van der Waals surface area contributed by atoms with E-state index in [1.807, 2.05) is 146 Å². The van der Waals surface area contributed by atoms with Gasteiger partial charge < -0.3 is 9.13 Å². The fraction of sp³-hybridized carbons (Fsp3) is 0. The van der Waals surface area contributed by atoms with Gasteiger partial charge in [0.05, 0.1) is 0 Å². The fourth-order valence-corrected chi connectivity index (χ4v) is 13.3. The van der Waals surface area contributed by atoms with Crippen molar-refractivity contribution >= 4 is 77.6 Å². The molecule has 0 aliphatic carbocycles. The van der Waals surface area contributed by atoms with E-state index >= 15 is 9.13 Å². The number of fused-ring (bicyclic) bond motifs is 3. The number of benzene rings is 6. The predicted molar refractivity (Wildman–Crippen MR) is 178 cm³/mol. The molecule has 0 saturated carbocycles. The lowest BCUT2D eigenvalue weighted by atomic mass is 10.1. The quantitative estimate of drug-likeness (QED) is 0.192. The summed E-state index contributed by atoms with van der Waals surface area (Å²) in [6.07, 6.45) is 0. The second-order valence-electron chi connectivity index (χ2n) is 9.97. The molecule has 0 amide bonds. The van der Waals surface area contributed by atoms with Crippen LogP contribution in [0, 0.1) is 0 Å². The van der Waals surface area contributed by atoms with Crippen LogP contribution in [-0.4, -0.2) is 0 Å². The number of hydrogen-bond donors (Lipinski definition) is 0. The van der Waals surface area contributed by atoms with Crippen molar-refractivity contribution in [3.05, 3.63) is 158 Å². The van der Waals surface area contributed by atoms with Crippen LogP contribution in [0.1, 0.15) is 0 Å². The highest BCUT2D eigenvalue weighted by molar-refractivity contribution is 7.87. The van der Waals surface area contributed by atoms with E-state index in [-0.39, 0.29) is 0 Å². The van der Waals surface area contributed by atoms with Crippen molar-refractivity contribution in [3.63, 3.8) is 0 Å². The van der Waals surface area contributed by atoms with Gasteiger partial charge in [0.25, 0.3) is 0 Å². The Morgan fingerprint density at radius 1 is 0.341 bits per heavy atom. The van der Waals surface area contributed by atoms with Gasteiger partial charge in [-0.05, 0) is 12.1 Å². The van der Waals surface area contributed by atoms with Gasteiger partial charge in [0.15, 0.2) is 14.3 Å². The van der Waals surface area contributed by atoms with Gasteiger partial charge in [-0.2, -0.15) is 0 Å². The van der Waals surface area contributed by atoms with Crippen LogP contribution in [0.15, 0.2) is 158 Å². The molecule has 6 aromatic carbocycles. The number of hydrogen-bond acceptors (Lipinski definition) is 3. The summed E-state index contributed by atoms with van der Waals surface area (Å²) in [6, 6.07) is 51.3. The zero-order valence-corrected chi connectivity index (χ0v) is 24.7. The average molecular weight is 585 g/mol. The topological polar surface area (TPSA) is 34.1 Å². The maximum atomic E-state index is 15.4. The summed E-state index contributed by atoms with van der Waals surface area (Å²) in [4.78, 5) is 0. The Kier molecular flexibility index (Phi) is 6.60. The van der Waals surface area contributed by atoms with Crippen molar-refractivity contribution < 1.29 is 9.13 Å². The van der Waals surface area contributed by atoms with Gasteiger partial charge in [-0.15, -0.1) is 11.3 Å². The van der Waals surface area contributed by atoms with E-state index < -0.39 is 14.3 Å².